The standard InChI is InChI=1S/C13H24N2O3/c1-3-9-14(2)13(18)15-10-5-4-6-11(15)7-8-12(16)17/h11H,3-10H2,1-2H3,(H,16,17). The molecular weight excluding hydrogens is 232 g/mol. The van der Waals surface area contributed by atoms with E-state index >= 15 is 0 Å². The molecule has 1 unspecified atom stereocenters. The van der Waals surface area contributed by atoms with Gasteiger partial charge in [0.2, 0.25) is 0 Å². The number of urea groups is 1. The van der Waals surface area contributed by atoms with Crippen molar-refractivity contribution in [2.45, 2.75) is 51.5 Å². The molecule has 1 aliphatic heterocycles. The SMILES string of the molecule is CCCN(C)C(=O)N1CCCCC1CCC(=O)O. The van der Waals surface area contributed by atoms with Gasteiger partial charge in [0.1, 0.15) is 0 Å². The van der Waals surface area contributed by atoms with Crippen molar-refractivity contribution in [3.63, 3.8) is 0 Å². The molecule has 1 rings (SSSR count). The zero-order valence-electron chi connectivity index (χ0n) is 11.4. The molecule has 1 N–H and O–H groups in total. The summed E-state index contributed by atoms with van der Waals surface area (Å²) in [5, 5.41) is 8.75. The lowest BCUT2D eigenvalue weighted by Gasteiger charge is -2.38. The number of hydrogen-bond donors (Lipinski definition) is 1. The van der Waals surface area contributed by atoms with E-state index in [1.54, 1.807) is 4.90 Å². The first-order chi connectivity index (χ1) is 8.56. The second kappa shape index (κ2) is 7.24. The monoisotopic (exact) mass is 256 g/mol. The number of carboxylic acid groups (broad SMARTS) is 1. The molecule has 1 atom stereocenters. The van der Waals surface area contributed by atoms with Gasteiger partial charge in [-0.3, -0.25) is 4.79 Å². The molecule has 1 aliphatic rings. The molecule has 0 aliphatic carbocycles. The van der Waals surface area contributed by atoms with E-state index in [0.717, 1.165) is 38.8 Å². The van der Waals surface area contributed by atoms with Crippen LogP contribution in [0.15, 0.2) is 0 Å². The Hall–Kier alpha value is -1.26. The van der Waals surface area contributed by atoms with Gasteiger partial charge in [0.05, 0.1) is 0 Å². The van der Waals surface area contributed by atoms with Crippen molar-refractivity contribution in [1.29, 1.82) is 0 Å². The zero-order valence-corrected chi connectivity index (χ0v) is 11.4. The molecule has 104 valence electrons. The highest BCUT2D eigenvalue weighted by molar-refractivity contribution is 5.74. The maximum atomic E-state index is 12.2. The Bertz CT molecular complexity index is 294. The molecule has 2 amide bonds. The summed E-state index contributed by atoms with van der Waals surface area (Å²) >= 11 is 0. The smallest absolute Gasteiger partial charge is 0.319 e. The van der Waals surface area contributed by atoms with Crippen molar-refractivity contribution in [3.8, 4) is 0 Å². The number of hydrogen-bond acceptors (Lipinski definition) is 2. The molecule has 1 heterocycles. The lowest BCUT2D eigenvalue weighted by Crippen LogP contribution is -2.49. The fourth-order valence-electron chi connectivity index (χ4n) is 2.49. The highest BCUT2D eigenvalue weighted by Gasteiger charge is 2.28. The molecule has 0 radical (unpaired) electrons. The predicted octanol–water partition coefficient (Wildman–Crippen LogP) is 2.17. The maximum absolute atomic E-state index is 12.2. The van der Waals surface area contributed by atoms with Crippen molar-refractivity contribution in [3.05, 3.63) is 0 Å². The number of amides is 2. The molecule has 0 aromatic heterocycles. The molecule has 1 saturated heterocycles. The molecule has 5 heteroatoms. The van der Waals surface area contributed by atoms with Crippen molar-refractivity contribution in [2.24, 2.45) is 0 Å². The van der Waals surface area contributed by atoms with Gasteiger partial charge < -0.3 is 14.9 Å². The van der Waals surface area contributed by atoms with E-state index in [-0.39, 0.29) is 18.5 Å². The van der Waals surface area contributed by atoms with Gasteiger partial charge in [-0.15, -0.1) is 0 Å². The second-order valence-electron chi connectivity index (χ2n) is 4.98. The first kappa shape index (κ1) is 14.8. The van der Waals surface area contributed by atoms with Gasteiger partial charge in [0, 0.05) is 32.6 Å². The first-order valence-electron chi connectivity index (χ1n) is 6.79. The van der Waals surface area contributed by atoms with Crippen LogP contribution in [-0.2, 0) is 4.79 Å². The largest absolute Gasteiger partial charge is 0.481 e. The Morgan fingerprint density at radius 3 is 2.72 bits per heavy atom. The third kappa shape index (κ3) is 4.20. The fourth-order valence-corrected chi connectivity index (χ4v) is 2.49. The number of aliphatic carboxylic acids is 1. The number of carbonyl (C=O) groups is 2. The first-order valence-corrected chi connectivity index (χ1v) is 6.79. The van der Waals surface area contributed by atoms with Crippen LogP contribution < -0.4 is 0 Å². The Kier molecular flexibility index (Phi) is 5.95. The Morgan fingerprint density at radius 1 is 1.39 bits per heavy atom. The van der Waals surface area contributed by atoms with Crippen LogP contribution in [-0.4, -0.2) is 53.1 Å². The van der Waals surface area contributed by atoms with E-state index in [1.807, 2.05) is 18.9 Å². The molecule has 1 fully saturated rings. The third-order valence-electron chi connectivity index (χ3n) is 3.45. The van der Waals surface area contributed by atoms with Gasteiger partial charge in [-0.05, 0) is 32.1 Å². The van der Waals surface area contributed by atoms with Crippen LogP contribution in [0.2, 0.25) is 0 Å². The molecule has 0 aromatic rings. The van der Waals surface area contributed by atoms with E-state index in [1.165, 1.54) is 0 Å². The topological polar surface area (TPSA) is 60.9 Å². The average Bonchev–Trinajstić information content (AvgIpc) is 2.36. The molecule has 5 nitrogen and oxygen atoms in total. The molecule has 0 aromatic carbocycles. The minimum absolute atomic E-state index is 0.0481. The van der Waals surface area contributed by atoms with E-state index < -0.39 is 5.97 Å². The van der Waals surface area contributed by atoms with Crippen LogP contribution in [0.5, 0.6) is 0 Å². The van der Waals surface area contributed by atoms with E-state index in [9.17, 15) is 9.59 Å². The summed E-state index contributed by atoms with van der Waals surface area (Å²) in [5.74, 6) is -0.783. The number of carbonyl (C=O) groups excluding carboxylic acids is 1. The van der Waals surface area contributed by atoms with E-state index in [4.69, 9.17) is 5.11 Å². The normalized spacial score (nSPS) is 19.7. The zero-order chi connectivity index (χ0) is 13.5. The maximum Gasteiger partial charge on any atom is 0.319 e. The average molecular weight is 256 g/mol. The number of nitrogens with zero attached hydrogens (tertiary/aromatic N) is 2. The van der Waals surface area contributed by atoms with Crippen LogP contribution in [0, 0.1) is 0 Å². The molecule has 0 bridgehead atoms. The number of carboxylic acids is 1. The van der Waals surface area contributed by atoms with Gasteiger partial charge in [-0.2, -0.15) is 0 Å². The Balaban J connectivity index is 2.57. The Morgan fingerprint density at radius 2 is 2.11 bits per heavy atom. The fraction of sp³-hybridized carbons (Fsp3) is 0.846. The molecular formula is C13H24N2O3. The number of likely N-dealkylation sites (tertiary alicyclic amines) is 1. The van der Waals surface area contributed by atoms with Crippen LogP contribution in [0.25, 0.3) is 0 Å². The van der Waals surface area contributed by atoms with Crippen LogP contribution in [0.4, 0.5) is 4.79 Å². The van der Waals surface area contributed by atoms with Gasteiger partial charge >= 0.3 is 12.0 Å². The van der Waals surface area contributed by atoms with Crippen LogP contribution in [0.3, 0.4) is 0 Å². The summed E-state index contributed by atoms with van der Waals surface area (Å²) in [4.78, 5) is 26.5. The van der Waals surface area contributed by atoms with E-state index in [2.05, 4.69) is 0 Å². The highest BCUT2D eigenvalue weighted by atomic mass is 16.4. The van der Waals surface area contributed by atoms with Crippen molar-refractivity contribution < 1.29 is 14.7 Å². The second-order valence-corrected chi connectivity index (χ2v) is 4.98. The van der Waals surface area contributed by atoms with Gasteiger partial charge in [0.25, 0.3) is 0 Å². The lowest BCUT2D eigenvalue weighted by molar-refractivity contribution is -0.137. The van der Waals surface area contributed by atoms with Crippen LogP contribution in [0.1, 0.15) is 45.4 Å². The minimum atomic E-state index is -0.783. The highest BCUT2D eigenvalue weighted by Crippen LogP contribution is 2.22. The number of piperidine rings is 1. The van der Waals surface area contributed by atoms with E-state index in [0.29, 0.717) is 6.42 Å². The Labute approximate surface area is 109 Å². The van der Waals surface area contributed by atoms with Gasteiger partial charge in [-0.1, -0.05) is 6.92 Å². The summed E-state index contributed by atoms with van der Waals surface area (Å²) in [6.07, 6.45) is 4.70. The predicted molar refractivity (Wildman–Crippen MR) is 69.5 cm³/mol. The third-order valence-corrected chi connectivity index (χ3v) is 3.45. The molecule has 0 saturated carbocycles. The summed E-state index contributed by atoms with van der Waals surface area (Å²) in [5.41, 5.74) is 0. The molecule has 18 heavy (non-hydrogen) atoms. The summed E-state index contributed by atoms with van der Waals surface area (Å²) in [6.45, 7) is 3.56. The summed E-state index contributed by atoms with van der Waals surface area (Å²) < 4.78 is 0. The summed E-state index contributed by atoms with van der Waals surface area (Å²) in [7, 11) is 1.81. The minimum Gasteiger partial charge on any atom is -0.481 e. The van der Waals surface area contributed by atoms with Crippen molar-refractivity contribution >= 4 is 12.0 Å². The van der Waals surface area contributed by atoms with Crippen LogP contribution >= 0.6 is 0 Å². The van der Waals surface area contributed by atoms with Crippen molar-refractivity contribution in [2.75, 3.05) is 20.1 Å². The van der Waals surface area contributed by atoms with Crippen molar-refractivity contribution in [1.82, 2.24) is 9.80 Å². The quantitative estimate of drug-likeness (QED) is 0.820. The van der Waals surface area contributed by atoms with Gasteiger partial charge in [0.15, 0.2) is 0 Å². The molecule has 0 spiro atoms. The van der Waals surface area contributed by atoms with Gasteiger partial charge in [-0.25, -0.2) is 4.79 Å². The summed E-state index contributed by atoms with van der Waals surface area (Å²) in [6, 6.07) is 0.147. The lowest BCUT2D eigenvalue weighted by atomic mass is 9.98. The number of rotatable bonds is 5.